The molecule has 6 atom stereocenters. The smallest absolute Gasteiger partial charge is 0.549 e. The topological polar surface area (TPSA) is 121 Å². The van der Waals surface area contributed by atoms with Gasteiger partial charge in [-0.3, -0.25) is 14.4 Å². The third kappa shape index (κ3) is 6.33. The third-order valence-electron chi connectivity index (χ3n) is 9.74. The molecule has 1 N–H and O–H groups in total. The van der Waals surface area contributed by atoms with Gasteiger partial charge in [-0.15, -0.1) is 0 Å². The van der Waals surface area contributed by atoms with Crippen LogP contribution in [0.4, 0.5) is 0 Å². The average molecular weight is 563 g/mol. The Bertz CT molecular complexity index is 1190. The molecule has 3 aliphatic rings. The number of carboxylic acids is 1. The van der Waals surface area contributed by atoms with Gasteiger partial charge in [0, 0.05) is 35.3 Å². The van der Waals surface area contributed by atoms with Gasteiger partial charge in [0.15, 0.2) is 11.6 Å². The van der Waals surface area contributed by atoms with E-state index in [0.29, 0.717) is 36.8 Å². The number of ketones is 2. The summed E-state index contributed by atoms with van der Waals surface area (Å²) >= 11 is 0. The number of Topliss-reactive ketones (excluding diaryl/α,β-unsaturated/α-hetero) is 1. The normalized spacial score (nSPS) is 35.7. The summed E-state index contributed by atoms with van der Waals surface area (Å²) in [6.45, 7) is 13.9. The fourth-order valence-electron chi connectivity index (χ4n) is 7.82. The molecule has 3 saturated carbocycles. The van der Waals surface area contributed by atoms with E-state index in [1.807, 2.05) is 13.8 Å². The summed E-state index contributed by atoms with van der Waals surface area (Å²) in [5.41, 5.74) is -1.55. The number of carboxylic acid groups (broad SMARTS) is 1. The minimum Gasteiger partial charge on any atom is -0.549 e. The van der Waals surface area contributed by atoms with Crippen LogP contribution in [0.2, 0.25) is 0 Å². The number of aliphatic hydroxyl groups is 1. The van der Waals surface area contributed by atoms with E-state index in [9.17, 15) is 29.4 Å². The molecule has 40 heavy (non-hydrogen) atoms. The maximum atomic E-state index is 13.5. The Labute approximate surface area is 260 Å². The Hall–Kier alpha value is -1.80. The molecule has 7 nitrogen and oxygen atoms in total. The van der Waals surface area contributed by atoms with Gasteiger partial charge in [0.1, 0.15) is 6.10 Å². The molecule has 0 aliphatic heterocycles. The molecular formula is C32H43NaO7. The van der Waals surface area contributed by atoms with Crippen LogP contribution in [0.5, 0.6) is 0 Å². The van der Waals surface area contributed by atoms with Gasteiger partial charge < -0.3 is 19.7 Å². The number of hydrogen-bond donors (Lipinski definition) is 1. The van der Waals surface area contributed by atoms with Crippen molar-refractivity contribution in [3.05, 3.63) is 47.1 Å². The second-order valence-corrected chi connectivity index (χ2v) is 13.0. The van der Waals surface area contributed by atoms with Crippen molar-refractivity contribution in [2.75, 3.05) is 0 Å². The summed E-state index contributed by atoms with van der Waals surface area (Å²) < 4.78 is 5.49. The largest absolute Gasteiger partial charge is 1.00 e. The number of esters is 1. The summed E-state index contributed by atoms with van der Waals surface area (Å²) in [6.07, 6.45) is 9.91. The average Bonchev–Trinajstić information content (AvgIpc) is 3.09. The summed E-state index contributed by atoms with van der Waals surface area (Å²) in [5.74, 6) is -2.50. The van der Waals surface area contributed by atoms with E-state index in [-0.39, 0.29) is 59.4 Å². The van der Waals surface area contributed by atoms with Gasteiger partial charge in [0.05, 0.1) is 11.6 Å². The van der Waals surface area contributed by atoms with Gasteiger partial charge in [0.25, 0.3) is 0 Å². The molecule has 0 radical (unpaired) electrons. The van der Waals surface area contributed by atoms with Crippen molar-refractivity contribution in [2.45, 2.75) is 99.2 Å². The SMILES string of the molecule is CC(=O)OC1CC[C@@]2(C)C(CCC3(C)/C(=C(\C)C(=O)/C=C/C(C)=C/C=C/C(C)(C)O)C(=O)C[C@H]32)[C@@]1(C)C(=O)[O-].[Na+]. The van der Waals surface area contributed by atoms with Gasteiger partial charge >= 0.3 is 35.5 Å². The van der Waals surface area contributed by atoms with Crippen LogP contribution in [0, 0.1) is 28.1 Å². The van der Waals surface area contributed by atoms with E-state index in [1.165, 1.54) is 13.0 Å². The van der Waals surface area contributed by atoms with Crippen LogP contribution in [0.1, 0.15) is 87.5 Å². The van der Waals surface area contributed by atoms with Gasteiger partial charge in [-0.25, -0.2) is 0 Å². The third-order valence-corrected chi connectivity index (χ3v) is 9.74. The number of rotatable bonds is 7. The zero-order valence-corrected chi connectivity index (χ0v) is 27.6. The maximum absolute atomic E-state index is 13.5. The molecule has 0 saturated heterocycles. The Morgan fingerprint density at radius 2 is 1.65 bits per heavy atom. The van der Waals surface area contributed by atoms with Gasteiger partial charge in [0.2, 0.25) is 0 Å². The Balaban J connectivity index is 0.00000560. The molecule has 3 fully saturated rings. The van der Waals surface area contributed by atoms with E-state index in [2.05, 4.69) is 6.92 Å². The van der Waals surface area contributed by atoms with Crippen LogP contribution < -0.4 is 34.7 Å². The van der Waals surface area contributed by atoms with Crippen LogP contribution in [-0.2, 0) is 23.9 Å². The molecular weight excluding hydrogens is 519 g/mol. The molecule has 0 aromatic heterocycles. The van der Waals surface area contributed by atoms with Crippen LogP contribution >= 0.6 is 0 Å². The number of hydrogen-bond acceptors (Lipinski definition) is 7. The maximum Gasteiger partial charge on any atom is 1.00 e. The molecule has 8 heteroatoms. The van der Waals surface area contributed by atoms with Crippen molar-refractivity contribution in [1.82, 2.24) is 0 Å². The minimum absolute atomic E-state index is 0. The van der Waals surface area contributed by atoms with Crippen molar-refractivity contribution in [3.63, 3.8) is 0 Å². The first-order valence-corrected chi connectivity index (χ1v) is 13.8. The van der Waals surface area contributed by atoms with Crippen LogP contribution in [0.25, 0.3) is 0 Å². The fraction of sp³-hybridized carbons (Fsp3) is 0.625. The number of ether oxygens (including phenoxy) is 1. The standard InChI is InChI=1S/C32H44O7.Na/c1-19(10-9-15-29(4,5)38)11-12-22(34)20(2)27-23(35)18-25-30(6)17-14-26(39-21(3)33)32(8,28(36)37)24(30)13-16-31(25,27)7;/h9-12,15,24-26,38H,13-14,16-18H2,1-8H3,(H,36,37);/q;+1/p-1/b12-11+,15-9+,19-10+,27-20+;/t24?,25-,26?,30-,31?,32+;/m0./s1. The van der Waals surface area contributed by atoms with E-state index >= 15 is 0 Å². The summed E-state index contributed by atoms with van der Waals surface area (Å²) in [6, 6.07) is 0. The first kappa shape index (κ1) is 34.4. The molecule has 0 bridgehead atoms. The zero-order chi connectivity index (χ0) is 29.6. The van der Waals surface area contributed by atoms with Crippen LogP contribution in [-0.4, -0.2) is 40.3 Å². The van der Waals surface area contributed by atoms with Crippen molar-refractivity contribution >= 4 is 23.5 Å². The summed E-state index contributed by atoms with van der Waals surface area (Å²) in [5, 5.41) is 22.4. The molecule has 3 unspecified atom stereocenters. The van der Waals surface area contributed by atoms with Crippen LogP contribution in [0.15, 0.2) is 47.1 Å². The molecule has 0 amide bonds. The van der Waals surface area contributed by atoms with Gasteiger partial charge in [-0.05, 0) is 76.7 Å². The van der Waals surface area contributed by atoms with Crippen molar-refractivity contribution in [2.24, 2.45) is 28.1 Å². The minimum atomic E-state index is -1.37. The second-order valence-electron chi connectivity index (χ2n) is 13.0. The van der Waals surface area contributed by atoms with E-state index in [0.717, 1.165) is 5.57 Å². The zero-order valence-electron chi connectivity index (χ0n) is 25.6. The fourth-order valence-corrected chi connectivity index (χ4v) is 7.82. The predicted molar refractivity (Wildman–Crippen MR) is 146 cm³/mol. The van der Waals surface area contributed by atoms with E-state index < -0.39 is 39.9 Å². The number of fused-ring (bicyclic) bond motifs is 3. The summed E-state index contributed by atoms with van der Waals surface area (Å²) in [7, 11) is 0. The quantitative estimate of drug-likeness (QED) is 0.214. The first-order chi connectivity index (χ1) is 17.9. The molecule has 214 valence electrons. The molecule has 0 aromatic rings. The first-order valence-electron chi connectivity index (χ1n) is 13.8. The van der Waals surface area contributed by atoms with Gasteiger partial charge in [-0.2, -0.15) is 0 Å². The predicted octanol–water partition coefficient (Wildman–Crippen LogP) is 1.20. The number of carbonyl (C=O) groups is 4. The Morgan fingerprint density at radius 1 is 1.02 bits per heavy atom. The Morgan fingerprint density at radius 3 is 2.20 bits per heavy atom. The second kappa shape index (κ2) is 12.2. The number of aliphatic carboxylic acids is 1. The molecule has 0 spiro atoms. The van der Waals surface area contributed by atoms with Crippen molar-refractivity contribution in [1.29, 1.82) is 0 Å². The molecule has 3 rings (SSSR count). The van der Waals surface area contributed by atoms with Gasteiger partial charge in [-0.1, -0.05) is 50.6 Å². The van der Waals surface area contributed by atoms with E-state index in [1.54, 1.807) is 52.0 Å². The number of allylic oxidation sites excluding steroid dienone is 7. The van der Waals surface area contributed by atoms with Crippen molar-refractivity contribution < 1.29 is 63.7 Å². The monoisotopic (exact) mass is 562 g/mol. The molecule has 0 aromatic carbocycles. The van der Waals surface area contributed by atoms with Crippen molar-refractivity contribution in [3.8, 4) is 0 Å². The Kier molecular flexibility index (Phi) is 10.5. The molecule has 0 heterocycles. The molecule has 3 aliphatic carbocycles. The number of carbonyl (C=O) groups excluding carboxylic acids is 4. The summed E-state index contributed by atoms with van der Waals surface area (Å²) in [4.78, 5) is 51.0. The van der Waals surface area contributed by atoms with E-state index in [4.69, 9.17) is 4.74 Å². The van der Waals surface area contributed by atoms with Crippen LogP contribution in [0.3, 0.4) is 0 Å².